The van der Waals surface area contributed by atoms with Crippen LogP contribution in [0.25, 0.3) is 0 Å². The van der Waals surface area contributed by atoms with Crippen molar-refractivity contribution < 1.29 is 9.53 Å². The Bertz CT molecular complexity index is 890. The average Bonchev–Trinajstić information content (AvgIpc) is 2.74. The van der Waals surface area contributed by atoms with E-state index >= 15 is 0 Å². The van der Waals surface area contributed by atoms with Crippen LogP contribution in [-0.4, -0.2) is 61.4 Å². The second-order valence-electron chi connectivity index (χ2n) is 8.13. The molecule has 1 saturated heterocycles. The van der Waals surface area contributed by atoms with E-state index in [1.54, 1.807) is 4.90 Å². The van der Waals surface area contributed by atoms with Gasteiger partial charge in [-0.1, -0.05) is 18.0 Å². The van der Waals surface area contributed by atoms with Crippen molar-refractivity contribution in [2.24, 2.45) is 21.5 Å². The minimum atomic E-state index is -0.496. The van der Waals surface area contributed by atoms with Gasteiger partial charge in [0, 0.05) is 31.9 Å². The Labute approximate surface area is 187 Å². The monoisotopic (exact) mass is 447 g/mol. The van der Waals surface area contributed by atoms with Crippen LogP contribution in [0.5, 0.6) is 0 Å². The normalized spacial score (nSPS) is 21.0. The number of hydrogen-bond acceptors (Lipinski definition) is 8. The number of anilines is 2. The Morgan fingerprint density at radius 3 is 2.52 bits per heavy atom. The Balaban J connectivity index is 1.54. The highest BCUT2D eigenvalue weighted by Gasteiger charge is 2.42. The first-order chi connectivity index (χ1) is 14.9. The zero-order valence-corrected chi connectivity index (χ0v) is 18.6. The van der Waals surface area contributed by atoms with E-state index in [9.17, 15) is 4.79 Å². The molecule has 2 aliphatic heterocycles. The summed E-state index contributed by atoms with van der Waals surface area (Å²) in [7, 11) is 0. The predicted molar refractivity (Wildman–Crippen MR) is 124 cm³/mol. The molecule has 0 unspecified atom stereocenters. The van der Waals surface area contributed by atoms with E-state index in [0.29, 0.717) is 43.8 Å². The number of nitrogens with zero attached hydrogens (tertiary/aromatic N) is 5. The Hall–Kier alpha value is -2.68. The van der Waals surface area contributed by atoms with Crippen molar-refractivity contribution in [1.29, 1.82) is 0 Å². The van der Waals surface area contributed by atoms with Crippen molar-refractivity contribution >= 4 is 41.0 Å². The van der Waals surface area contributed by atoms with Gasteiger partial charge in [0.1, 0.15) is 5.66 Å². The number of amides is 1. The summed E-state index contributed by atoms with van der Waals surface area (Å²) in [5, 5.41) is 0.628. The highest BCUT2D eigenvalue weighted by Crippen LogP contribution is 2.41. The molecule has 0 atom stereocenters. The van der Waals surface area contributed by atoms with Crippen LogP contribution in [0.1, 0.15) is 39.0 Å². The summed E-state index contributed by atoms with van der Waals surface area (Å²) < 4.78 is 5.10. The second kappa shape index (κ2) is 8.82. The Kier molecular flexibility index (Phi) is 6.13. The number of ether oxygens (including phenoxy) is 1. The lowest BCUT2D eigenvalue weighted by molar-refractivity contribution is 0.105. The fourth-order valence-corrected chi connectivity index (χ4v) is 5.03. The SMILES string of the molecule is CCOC(=O)N1CCN(c2ccc(N3C(N)=NC(N)=NC34CCCCC4)cc2Cl)CC1. The first kappa shape index (κ1) is 21.5. The number of carbonyl (C=O) groups excluding carboxylic acids is 1. The highest BCUT2D eigenvalue weighted by atomic mass is 35.5. The fourth-order valence-electron chi connectivity index (χ4n) is 4.73. The molecule has 2 heterocycles. The number of hydrogen-bond donors (Lipinski definition) is 2. The van der Waals surface area contributed by atoms with Gasteiger partial charge in [-0.2, -0.15) is 4.99 Å². The molecule has 4 rings (SSSR count). The molecule has 1 aliphatic carbocycles. The number of nitrogens with two attached hydrogens (primary N) is 2. The molecule has 31 heavy (non-hydrogen) atoms. The third-order valence-electron chi connectivity index (χ3n) is 6.19. The lowest BCUT2D eigenvalue weighted by atomic mass is 9.87. The maximum atomic E-state index is 11.9. The summed E-state index contributed by atoms with van der Waals surface area (Å²) >= 11 is 6.72. The number of piperazine rings is 1. The maximum absolute atomic E-state index is 11.9. The van der Waals surface area contributed by atoms with Crippen LogP contribution in [0.3, 0.4) is 0 Å². The molecule has 168 valence electrons. The average molecular weight is 448 g/mol. The van der Waals surface area contributed by atoms with Crippen LogP contribution in [0.4, 0.5) is 16.2 Å². The number of carbonyl (C=O) groups is 1. The van der Waals surface area contributed by atoms with Crippen molar-refractivity contribution in [2.75, 3.05) is 42.6 Å². The number of benzene rings is 1. The van der Waals surface area contributed by atoms with Gasteiger partial charge in [0.05, 0.1) is 17.3 Å². The van der Waals surface area contributed by atoms with E-state index in [1.807, 2.05) is 30.0 Å². The van der Waals surface area contributed by atoms with Crippen molar-refractivity contribution in [1.82, 2.24) is 4.90 Å². The van der Waals surface area contributed by atoms with Crippen molar-refractivity contribution in [3.05, 3.63) is 23.2 Å². The number of rotatable bonds is 3. The quantitative estimate of drug-likeness (QED) is 0.736. The minimum Gasteiger partial charge on any atom is -0.450 e. The molecule has 1 spiro atoms. The summed E-state index contributed by atoms with van der Waals surface area (Å²) in [6.45, 7) is 4.77. The third-order valence-corrected chi connectivity index (χ3v) is 6.49. The van der Waals surface area contributed by atoms with Crippen LogP contribution in [0.15, 0.2) is 28.2 Å². The van der Waals surface area contributed by atoms with E-state index < -0.39 is 5.66 Å². The van der Waals surface area contributed by atoms with Crippen LogP contribution >= 0.6 is 11.6 Å². The van der Waals surface area contributed by atoms with Gasteiger partial charge >= 0.3 is 6.09 Å². The highest BCUT2D eigenvalue weighted by molar-refractivity contribution is 6.33. The molecule has 3 aliphatic rings. The predicted octanol–water partition coefficient (Wildman–Crippen LogP) is 2.73. The van der Waals surface area contributed by atoms with Crippen molar-refractivity contribution in [2.45, 2.75) is 44.7 Å². The molecule has 1 amide bonds. The minimum absolute atomic E-state index is 0.234. The van der Waals surface area contributed by atoms with Crippen LogP contribution in [0, 0.1) is 0 Å². The molecule has 4 N–H and O–H groups in total. The molecular formula is C21H30ClN7O2. The lowest BCUT2D eigenvalue weighted by Crippen LogP contribution is -2.58. The van der Waals surface area contributed by atoms with Gasteiger partial charge in [-0.25, -0.2) is 9.79 Å². The largest absolute Gasteiger partial charge is 0.450 e. The first-order valence-corrected chi connectivity index (χ1v) is 11.3. The summed E-state index contributed by atoms with van der Waals surface area (Å²) in [5.41, 5.74) is 13.6. The van der Waals surface area contributed by atoms with Gasteiger partial charge in [-0.15, -0.1) is 0 Å². The lowest BCUT2D eigenvalue weighted by Gasteiger charge is -2.45. The summed E-state index contributed by atoms with van der Waals surface area (Å²) in [6, 6.07) is 5.93. The zero-order valence-electron chi connectivity index (χ0n) is 17.9. The molecule has 2 fully saturated rings. The second-order valence-corrected chi connectivity index (χ2v) is 8.53. The van der Waals surface area contributed by atoms with Gasteiger partial charge < -0.3 is 26.0 Å². The molecule has 1 aromatic rings. The number of halogens is 1. The van der Waals surface area contributed by atoms with Gasteiger partial charge in [0.2, 0.25) is 11.9 Å². The van der Waals surface area contributed by atoms with E-state index in [4.69, 9.17) is 32.8 Å². The van der Waals surface area contributed by atoms with E-state index in [1.165, 1.54) is 6.42 Å². The molecule has 1 saturated carbocycles. The number of guanidine groups is 2. The molecule has 9 nitrogen and oxygen atoms in total. The van der Waals surface area contributed by atoms with E-state index in [-0.39, 0.29) is 12.1 Å². The zero-order chi connectivity index (χ0) is 22.0. The topological polar surface area (TPSA) is 113 Å². The van der Waals surface area contributed by atoms with E-state index in [2.05, 4.69) is 9.89 Å². The van der Waals surface area contributed by atoms with Crippen LogP contribution in [0.2, 0.25) is 5.02 Å². The van der Waals surface area contributed by atoms with E-state index in [0.717, 1.165) is 37.1 Å². The molecule has 10 heteroatoms. The first-order valence-electron chi connectivity index (χ1n) is 10.9. The van der Waals surface area contributed by atoms with Gasteiger partial charge in [0.15, 0.2) is 0 Å². The molecule has 0 aromatic heterocycles. The number of aliphatic imine (C=N–C) groups is 2. The smallest absolute Gasteiger partial charge is 0.409 e. The molecule has 0 bridgehead atoms. The van der Waals surface area contributed by atoms with Gasteiger partial charge in [-0.05, 0) is 50.8 Å². The molecule has 0 radical (unpaired) electrons. The fraction of sp³-hybridized carbons (Fsp3) is 0.571. The Morgan fingerprint density at radius 1 is 1.16 bits per heavy atom. The Morgan fingerprint density at radius 2 is 1.87 bits per heavy atom. The standard InChI is InChI=1S/C21H30ClN7O2/c1-2-31-20(30)28-12-10-27(11-13-28)17-7-6-15(14-16(17)22)29-19(24)25-18(23)26-21(29)8-4-3-5-9-21/h6-7,14H,2-5,8-13H2,1H3,(H4,23,24,25,26). The van der Waals surface area contributed by atoms with Crippen molar-refractivity contribution in [3.8, 4) is 0 Å². The van der Waals surface area contributed by atoms with Gasteiger partial charge in [-0.3, -0.25) is 4.90 Å². The van der Waals surface area contributed by atoms with Crippen LogP contribution < -0.4 is 21.3 Å². The summed E-state index contributed by atoms with van der Waals surface area (Å²) in [5.74, 6) is 0.583. The van der Waals surface area contributed by atoms with Crippen LogP contribution in [-0.2, 0) is 4.74 Å². The van der Waals surface area contributed by atoms with Crippen molar-refractivity contribution in [3.63, 3.8) is 0 Å². The third kappa shape index (κ3) is 4.23. The molecule has 1 aromatic carbocycles. The maximum Gasteiger partial charge on any atom is 0.409 e. The van der Waals surface area contributed by atoms with Gasteiger partial charge in [0.25, 0.3) is 0 Å². The molecular weight excluding hydrogens is 418 g/mol. The summed E-state index contributed by atoms with van der Waals surface area (Å²) in [4.78, 5) is 26.8. The summed E-state index contributed by atoms with van der Waals surface area (Å²) in [6.07, 6.45) is 4.80.